The summed E-state index contributed by atoms with van der Waals surface area (Å²) < 4.78 is 30.8. The van der Waals surface area contributed by atoms with Crippen molar-refractivity contribution in [3.05, 3.63) is 87.9 Å². The number of sulfonamides is 1. The Hall–Kier alpha value is -3.60. The number of carbonyl (C=O) groups excluding carboxylic acids is 2. The van der Waals surface area contributed by atoms with Crippen LogP contribution in [0.5, 0.6) is 5.75 Å². The predicted molar refractivity (Wildman–Crippen MR) is 146 cm³/mol. The van der Waals surface area contributed by atoms with Crippen molar-refractivity contribution < 1.29 is 22.7 Å². The molecule has 0 spiro atoms. The van der Waals surface area contributed by atoms with Crippen molar-refractivity contribution in [1.82, 2.24) is 5.43 Å². The van der Waals surface area contributed by atoms with Gasteiger partial charge in [0.2, 0.25) is 10.0 Å². The van der Waals surface area contributed by atoms with Crippen molar-refractivity contribution in [2.24, 2.45) is 5.10 Å². The second-order valence-corrected chi connectivity index (χ2v) is 10.7. The first kappa shape index (κ1) is 28.0. The Balaban J connectivity index is 1.51. The molecule has 3 aromatic rings. The first-order chi connectivity index (χ1) is 17.5. The average molecular weight is 563 g/mol. The van der Waals surface area contributed by atoms with Gasteiger partial charge >= 0.3 is 0 Å². The average Bonchev–Trinajstić information content (AvgIpc) is 2.82. The fraction of sp³-hybridized carbons (Fsp3) is 0.160. The van der Waals surface area contributed by atoms with E-state index in [1.807, 2.05) is 31.2 Å². The summed E-state index contributed by atoms with van der Waals surface area (Å²) in [7, 11) is -3.80. The van der Waals surface area contributed by atoms with Gasteiger partial charge in [0.05, 0.1) is 18.2 Å². The smallest absolute Gasteiger partial charge is 0.262 e. The molecule has 3 aromatic carbocycles. The Kier molecular flexibility index (Phi) is 9.51. The summed E-state index contributed by atoms with van der Waals surface area (Å²) in [5, 5.41) is 7.07. The van der Waals surface area contributed by atoms with Crippen LogP contribution in [0.25, 0.3) is 0 Å². The Morgan fingerprint density at radius 3 is 2.19 bits per heavy atom. The number of benzene rings is 3. The summed E-state index contributed by atoms with van der Waals surface area (Å²) in [6.07, 6.45) is 2.35. The van der Waals surface area contributed by atoms with Crippen LogP contribution >= 0.6 is 23.2 Å². The second kappa shape index (κ2) is 12.6. The molecule has 194 valence electrons. The molecule has 2 amide bonds. The molecule has 37 heavy (non-hydrogen) atoms. The maximum absolute atomic E-state index is 12.3. The molecular weight excluding hydrogens is 539 g/mol. The van der Waals surface area contributed by atoms with Crippen LogP contribution in [0.4, 0.5) is 11.4 Å². The van der Waals surface area contributed by atoms with Gasteiger partial charge in [-0.3, -0.25) is 13.9 Å². The van der Waals surface area contributed by atoms with Crippen molar-refractivity contribution in [2.45, 2.75) is 6.92 Å². The number of anilines is 2. The lowest BCUT2D eigenvalue weighted by Crippen LogP contribution is -2.39. The number of nitrogens with one attached hydrogen (secondary N) is 2. The highest BCUT2D eigenvalue weighted by Crippen LogP contribution is 2.26. The van der Waals surface area contributed by atoms with Crippen LogP contribution in [0.2, 0.25) is 10.0 Å². The summed E-state index contributed by atoms with van der Waals surface area (Å²) >= 11 is 11.9. The van der Waals surface area contributed by atoms with Crippen LogP contribution in [0.15, 0.2) is 71.8 Å². The highest BCUT2D eigenvalue weighted by atomic mass is 35.5. The molecule has 0 saturated carbocycles. The number of rotatable bonds is 10. The van der Waals surface area contributed by atoms with Crippen molar-refractivity contribution >= 4 is 62.6 Å². The lowest BCUT2D eigenvalue weighted by molar-refractivity contribution is -0.119. The predicted octanol–water partition coefficient (Wildman–Crippen LogP) is 4.24. The number of amides is 2. The molecule has 0 fully saturated rings. The zero-order chi connectivity index (χ0) is 27.0. The number of carbonyl (C=O) groups is 2. The van der Waals surface area contributed by atoms with Gasteiger partial charge in [-0.2, -0.15) is 5.10 Å². The number of hydrogen-bond donors (Lipinski definition) is 2. The number of hydrogen-bond acceptors (Lipinski definition) is 6. The van der Waals surface area contributed by atoms with E-state index in [-0.39, 0.29) is 28.2 Å². The van der Waals surface area contributed by atoms with E-state index in [0.29, 0.717) is 17.0 Å². The van der Waals surface area contributed by atoms with Gasteiger partial charge in [-0.25, -0.2) is 13.8 Å². The Labute approximate surface area is 225 Å². The van der Waals surface area contributed by atoms with Crippen LogP contribution in [0.1, 0.15) is 11.1 Å². The Morgan fingerprint density at radius 2 is 1.59 bits per heavy atom. The van der Waals surface area contributed by atoms with Gasteiger partial charge in [-0.1, -0.05) is 40.9 Å². The Bertz CT molecular complexity index is 1380. The van der Waals surface area contributed by atoms with E-state index in [1.54, 1.807) is 24.3 Å². The third-order valence-electron chi connectivity index (χ3n) is 4.81. The molecule has 0 aliphatic heterocycles. The lowest BCUT2D eigenvalue weighted by atomic mass is 10.2. The van der Waals surface area contributed by atoms with Gasteiger partial charge in [0.25, 0.3) is 11.8 Å². The Morgan fingerprint density at radius 1 is 0.973 bits per heavy atom. The highest BCUT2D eigenvalue weighted by molar-refractivity contribution is 7.92. The van der Waals surface area contributed by atoms with Crippen LogP contribution in [-0.2, 0) is 19.6 Å². The van der Waals surface area contributed by atoms with Crippen molar-refractivity contribution in [1.29, 1.82) is 0 Å². The minimum absolute atomic E-state index is 0.155. The molecule has 2 N–H and O–H groups in total. The molecule has 0 aromatic heterocycles. The summed E-state index contributed by atoms with van der Waals surface area (Å²) in [5.41, 5.74) is 4.86. The van der Waals surface area contributed by atoms with E-state index in [9.17, 15) is 18.0 Å². The van der Waals surface area contributed by atoms with E-state index >= 15 is 0 Å². The zero-order valence-electron chi connectivity index (χ0n) is 19.9. The second-order valence-electron chi connectivity index (χ2n) is 7.96. The third kappa shape index (κ3) is 9.09. The summed E-state index contributed by atoms with van der Waals surface area (Å²) in [5.74, 6) is -0.484. The molecule has 0 bridgehead atoms. The summed E-state index contributed by atoms with van der Waals surface area (Å²) in [4.78, 5) is 24.4. The highest BCUT2D eigenvalue weighted by Gasteiger charge is 2.21. The number of nitrogens with zero attached hydrogens (tertiary/aromatic N) is 2. The van der Waals surface area contributed by atoms with Crippen LogP contribution in [-0.4, -0.2) is 45.9 Å². The number of hydrazone groups is 1. The molecule has 0 aliphatic carbocycles. The van der Waals surface area contributed by atoms with E-state index in [2.05, 4.69) is 15.8 Å². The van der Waals surface area contributed by atoms with Crippen molar-refractivity contribution in [3.8, 4) is 5.75 Å². The molecule has 9 nitrogen and oxygen atoms in total. The summed E-state index contributed by atoms with van der Waals surface area (Å²) in [6, 6.07) is 18.3. The lowest BCUT2D eigenvalue weighted by Gasteiger charge is -2.21. The zero-order valence-corrected chi connectivity index (χ0v) is 22.3. The molecule has 12 heteroatoms. The maximum Gasteiger partial charge on any atom is 0.262 e. The quantitative estimate of drug-likeness (QED) is 0.283. The van der Waals surface area contributed by atoms with Crippen LogP contribution < -0.4 is 19.8 Å². The normalized spacial score (nSPS) is 11.2. The van der Waals surface area contributed by atoms with Crippen LogP contribution in [0.3, 0.4) is 0 Å². The minimum Gasteiger partial charge on any atom is -0.484 e. The van der Waals surface area contributed by atoms with Crippen molar-refractivity contribution in [3.63, 3.8) is 0 Å². The fourth-order valence-corrected chi connectivity index (χ4v) is 4.42. The molecular formula is C25H24Cl2N4O5S. The van der Waals surface area contributed by atoms with Gasteiger partial charge in [0.1, 0.15) is 12.3 Å². The van der Waals surface area contributed by atoms with E-state index in [1.165, 1.54) is 24.4 Å². The molecule has 0 unspecified atom stereocenters. The number of aryl methyl sites for hydroxylation is 1. The summed E-state index contributed by atoms with van der Waals surface area (Å²) in [6.45, 7) is 1.28. The molecule has 0 atom stereocenters. The number of ether oxygens (including phenoxy) is 1. The first-order valence-electron chi connectivity index (χ1n) is 10.8. The van der Waals surface area contributed by atoms with Gasteiger partial charge in [0.15, 0.2) is 6.61 Å². The minimum atomic E-state index is -3.80. The molecule has 0 aliphatic rings. The largest absolute Gasteiger partial charge is 0.484 e. The maximum atomic E-state index is 12.3. The van der Waals surface area contributed by atoms with Gasteiger partial charge < -0.3 is 10.1 Å². The monoisotopic (exact) mass is 562 g/mol. The topological polar surface area (TPSA) is 117 Å². The molecule has 0 radical (unpaired) electrons. The molecule has 0 saturated heterocycles. The van der Waals surface area contributed by atoms with Gasteiger partial charge in [-0.15, -0.1) is 0 Å². The number of halogens is 2. The van der Waals surface area contributed by atoms with Crippen molar-refractivity contribution in [2.75, 3.05) is 29.0 Å². The first-order valence-corrected chi connectivity index (χ1v) is 13.4. The van der Waals surface area contributed by atoms with E-state index < -0.39 is 22.5 Å². The van der Waals surface area contributed by atoms with Gasteiger partial charge in [-0.05, 0) is 67.1 Å². The van der Waals surface area contributed by atoms with E-state index in [4.69, 9.17) is 27.9 Å². The van der Waals surface area contributed by atoms with Gasteiger partial charge in [0, 0.05) is 15.7 Å². The van der Waals surface area contributed by atoms with Crippen LogP contribution in [0, 0.1) is 6.92 Å². The SMILES string of the molecule is Cc1ccc(NC(=O)COc2ccc(/C=N\NC(=O)CN(c3cc(Cl)cc(Cl)c3)S(C)(=O)=O)cc2)cc1. The van der Waals surface area contributed by atoms with E-state index in [0.717, 1.165) is 16.1 Å². The molecule has 0 heterocycles. The fourth-order valence-electron chi connectivity index (χ4n) is 3.06. The third-order valence-corrected chi connectivity index (χ3v) is 6.39. The standard InChI is InChI=1S/C25H24Cl2N4O5S/c1-17-3-7-21(8-4-17)29-25(33)16-36-23-9-5-18(6-10-23)14-28-30-24(32)15-31(37(2,34)35)22-12-19(26)11-20(27)13-22/h3-14H,15-16H2,1-2H3,(H,29,33)(H,30,32)/b28-14-. The molecule has 3 rings (SSSR count).